The molecule has 2 aromatic rings. The van der Waals surface area contributed by atoms with Crippen molar-refractivity contribution < 1.29 is 9.13 Å². The van der Waals surface area contributed by atoms with Crippen molar-refractivity contribution in [3.8, 4) is 11.5 Å². The van der Waals surface area contributed by atoms with Crippen LogP contribution in [0.1, 0.15) is 31.9 Å². The first kappa shape index (κ1) is 16.0. The van der Waals surface area contributed by atoms with Crippen molar-refractivity contribution in [1.29, 1.82) is 0 Å². The third-order valence-electron chi connectivity index (χ3n) is 3.26. The average molecular weight is 352 g/mol. The fourth-order valence-corrected chi connectivity index (χ4v) is 2.53. The molecule has 1 atom stereocenters. The Kier molecular flexibility index (Phi) is 5.76. The van der Waals surface area contributed by atoms with E-state index in [2.05, 4.69) is 35.1 Å². The summed E-state index contributed by atoms with van der Waals surface area (Å²) in [6.45, 7) is 5.17. The summed E-state index contributed by atoms with van der Waals surface area (Å²) in [6.07, 6.45) is 1.02. The maximum atomic E-state index is 13.7. The molecule has 0 saturated heterocycles. The van der Waals surface area contributed by atoms with E-state index in [4.69, 9.17) is 4.74 Å². The quantitative estimate of drug-likeness (QED) is 0.747. The molecule has 1 N–H and O–H groups in total. The molecule has 0 fully saturated rings. The Labute approximate surface area is 133 Å². The van der Waals surface area contributed by atoms with E-state index in [0.29, 0.717) is 16.3 Å². The summed E-state index contributed by atoms with van der Waals surface area (Å²) in [4.78, 5) is 0. The lowest BCUT2D eigenvalue weighted by atomic mass is 10.0. The molecule has 4 heteroatoms. The van der Waals surface area contributed by atoms with Gasteiger partial charge in [0.05, 0.1) is 0 Å². The van der Waals surface area contributed by atoms with Gasteiger partial charge < -0.3 is 10.1 Å². The van der Waals surface area contributed by atoms with Gasteiger partial charge in [-0.25, -0.2) is 4.39 Å². The van der Waals surface area contributed by atoms with Gasteiger partial charge in [-0.3, -0.25) is 0 Å². The highest BCUT2D eigenvalue weighted by Crippen LogP contribution is 2.28. The summed E-state index contributed by atoms with van der Waals surface area (Å²) in [5, 5.41) is 3.43. The zero-order valence-electron chi connectivity index (χ0n) is 12.2. The van der Waals surface area contributed by atoms with Crippen LogP contribution in [0.3, 0.4) is 0 Å². The molecule has 0 aromatic heterocycles. The van der Waals surface area contributed by atoms with Crippen LogP contribution in [0.15, 0.2) is 46.9 Å². The minimum absolute atomic E-state index is 0.227. The second-order valence-electron chi connectivity index (χ2n) is 4.76. The van der Waals surface area contributed by atoms with Gasteiger partial charge in [-0.1, -0.05) is 41.9 Å². The summed E-state index contributed by atoms with van der Waals surface area (Å²) >= 11 is 3.23. The predicted molar refractivity (Wildman–Crippen MR) is 87.3 cm³/mol. The van der Waals surface area contributed by atoms with Gasteiger partial charge in [0.15, 0.2) is 11.6 Å². The number of halogens is 2. The van der Waals surface area contributed by atoms with Crippen LogP contribution in [0.4, 0.5) is 4.39 Å². The van der Waals surface area contributed by atoms with E-state index in [0.717, 1.165) is 13.0 Å². The molecule has 0 aliphatic rings. The summed E-state index contributed by atoms with van der Waals surface area (Å²) in [7, 11) is 0. The normalized spacial score (nSPS) is 12.2. The van der Waals surface area contributed by atoms with Crippen molar-refractivity contribution in [3.05, 3.63) is 58.3 Å². The van der Waals surface area contributed by atoms with Gasteiger partial charge in [-0.2, -0.15) is 0 Å². The van der Waals surface area contributed by atoms with Gasteiger partial charge in [0.1, 0.15) is 5.75 Å². The Hall–Kier alpha value is -1.39. The lowest BCUT2D eigenvalue weighted by Gasteiger charge is -2.16. The van der Waals surface area contributed by atoms with Crippen LogP contribution < -0.4 is 10.1 Å². The van der Waals surface area contributed by atoms with Crippen molar-refractivity contribution in [3.63, 3.8) is 0 Å². The molecule has 0 bridgehead atoms. The van der Waals surface area contributed by atoms with Gasteiger partial charge in [0.25, 0.3) is 0 Å². The molecule has 2 aromatic carbocycles. The first-order chi connectivity index (χ1) is 10.1. The largest absolute Gasteiger partial charge is 0.454 e. The molecular formula is C17H19BrFNO. The third-order valence-corrected chi connectivity index (χ3v) is 3.76. The van der Waals surface area contributed by atoms with Crippen LogP contribution in [0, 0.1) is 5.82 Å². The van der Waals surface area contributed by atoms with Crippen LogP contribution in [-0.4, -0.2) is 6.54 Å². The smallest absolute Gasteiger partial charge is 0.166 e. The third kappa shape index (κ3) is 4.29. The molecule has 0 aliphatic heterocycles. The van der Waals surface area contributed by atoms with E-state index in [1.165, 1.54) is 11.6 Å². The Morgan fingerprint density at radius 2 is 1.86 bits per heavy atom. The monoisotopic (exact) mass is 351 g/mol. The number of nitrogens with one attached hydrogen (secondary N) is 1. The van der Waals surface area contributed by atoms with Crippen molar-refractivity contribution in [2.24, 2.45) is 0 Å². The van der Waals surface area contributed by atoms with Crippen molar-refractivity contribution in [2.45, 2.75) is 26.3 Å². The fraction of sp³-hybridized carbons (Fsp3) is 0.294. The second-order valence-corrected chi connectivity index (χ2v) is 5.68. The summed E-state index contributed by atoms with van der Waals surface area (Å²) in [5.74, 6) is 0.475. The highest BCUT2D eigenvalue weighted by molar-refractivity contribution is 9.10. The SMILES string of the molecule is CCNC(CC)c1ccc(Oc2ccc(Br)cc2F)cc1. The molecule has 0 amide bonds. The van der Waals surface area contributed by atoms with Gasteiger partial charge >= 0.3 is 0 Å². The van der Waals surface area contributed by atoms with Crippen LogP contribution in [0.2, 0.25) is 0 Å². The zero-order valence-corrected chi connectivity index (χ0v) is 13.8. The van der Waals surface area contributed by atoms with E-state index in [-0.39, 0.29) is 11.6 Å². The first-order valence-electron chi connectivity index (χ1n) is 7.10. The maximum Gasteiger partial charge on any atom is 0.166 e. The topological polar surface area (TPSA) is 21.3 Å². The van der Waals surface area contributed by atoms with Gasteiger partial charge in [0.2, 0.25) is 0 Å². The molecule has 21 heavy (non-hydrogen) atoms. The van der Waals surface area contributed by atoms with Gasteiger partial charge in [0, 0.05) is 10.5 Å². The van der Waals surface area contributed by atoms with Gasteiger partial charge in [-0.05, 0) is 48.9 Å². The fourth-order valence-electron chi connectivity index (χ4n) is 2.20. The minimum atomic E-state index is -0.382. The first-order valence-corrected chi connectivity index (χ1v) is 7.89. The molecule has 1 unspecified atom stereocenters. The predicted octanol–water partition coefficient (Wildman–Crippen LogP) is 5.44. The van der Waals surface area contributed by atoms with E-state index in [1.54, 1.807) is 12.1 Å². The second kappa shape index (κ2) is 7.57. The van der Waals surface area contributed by atoms with Gasteiger partial charge in [-0.15, -0.1) is 0 Å². The van der Waals surface area contributed by atoms with E-state index in [9.17, 15) is 4.39 Å². The average Bonchev–Trinajstić information content (AvgIpc) is 2.48. The van der Waals surface area contributed by atoms with Crippen molar-refractivity contribution >= 4 is 15.9 Å². The lowest BCUT2D eigenvalue weighted by Crippen LogP contribution is -2.19. The lowest BCUT2D eigenvalue weighted by molar-refractivity contribution is 0.441. The molecule has 0 radical (unpaired) electrons. The minimum Gasteiger partial charge on any atom is -0.454 e. The highest BCUT2D eigenvalue weighted by Gasteiger charge is 2.09. The van der Waals surface area contributed by atoms with Crippen molar-refractivity contribution in [2.75, 3.05) is 6.54 Å². The molecule has 2 rings (SSSR count). The summed E-state index contributed by atoms with van der Waals surface area (Å²) < 4.78 is 20.0. The van der Waals surface area contributed by atoms with Crippen LogP contribution in [0.5, 0.6) is 11.5 Å². The highest BCUT2D eigenvalue weighted by atomic mass is 79.9. The Balaban J connectivity index is 2.11. The molecule has 0 heterocycles. The van der Waals surface area contributed by atoms with E-state index >= 15 is 0 Å². The number of ether oxygens (including phenoxy) is 1. The number of rotatable bonds is 6. The standard InChI is InChI=1S/C17H19BrFNO/c1-3-16(20-4-2)12-5-8-14(9-6-12)21-17-10-7-13(18)11-15(17)19/h5-11,16,20H,3-4H2,1-2H3. The Bertz CT molecular complexity index is 586. The zero-order chi connectivity index (χ0) is 15.2. The Morgan fingerprint density at radius 3 is 2.43 bits per heavy atom. The van der Waals surface area contributed by atoms with Crippen LogP contribution >= 0.6 is 15.9 Å². The van der Waals surface area contributed by atoms with Crippen molar-refractivity contribution in [1.82, 2.24) is 5.32 Å². The number of hydrogen-bond acceptors (Lipinski definition) is 2. The molecule has 112 valence electrons. The molecule has 0 aliphatic carbocycles. The van der Waals surface area contributed by atoms with E-state index < -0.39 is 0 Å². The number of benzene rings is 2. The number of hydrogen-bond donors (Lipinski definition) is 1. The van der Waals surface area contributed by atoms with E-state index in [1.807, 2.05) is 24.3 Å². The molecule has 2 nitrogen and oxygen atoms in total. The molecule has 0 spiro atoms. The molecule has 0 saturated carbocycles. The maximum absolute atomic E-state index is 13.7. The van der Waals surface area contributed by atoms with Crippen LogP contribution in [-0.2, 0) is 0 Å². The molecular weight excluding hydrogens is 333 g/mol. The Morgan fingerprint density at radius 1 is 1.14 bits per heavy atom. The summed E-state index contributed by atoms with van der Waals surface area (Å²) in [5.41, 5.74) is 1.21. The van der Waals surface area contributed by atoms with Crippen LogP contribution in [0.25, 0.3) is 0 Å². The summed E-state index contributed by atoms with van der Waals surface area (Å²) in [6, 6.07) is 12.9.